The number of esters is 1. The number of carbonyl (C=O) groups excluding carboxylic acids is 1. The number of nitrogens with zero attached hydrogens (tertiary/aromatic N) is 1. The Morgan fingerprint density at radius 1 is 0.727 bits per heavy atom. The Morgan fingerprint density at radius 2 is 1.36 bits per heavy atom. The molecule has 6 aliphatic rings. The highest BCUT2D eigenvalue weighted by atomic mass is 16.8. The Hall–Kier alpha value is -0.890. The molecule has 0 radical (unpaired) electrons. The summed E-state index contributed by atoms with van der Waals surface area (Å²) in [5, 5.41) is 1.75. The quantitative estimate of drug-likeness (QED) is 0.547. The van der Waals surface area contributed by atoms with Crippen molar-refractivity contribution in [2.75, 3.05) is 13.2 Å². The molecule has 11 heteroatoms. The van der Waals surface area contributed by atoms with Crippen molar-refractivity contribution in [3.63, 3.8) is 0 Å². The average Bonchev–Trinajstić information content (AvgIpc) is 3.48. The van der Waals surface area contributed by atoms with Crippen LogP contribution in [0.15, 0.2) is 0 Å². The molecule has 0 unspecified atom stereocenters. The molecule has 6 rings (SSSR count). The number of hydrogen-bond donors (Lipinski definition) is 0. The first kappa shape index (κ1) is 22.6. The fourth-order valence-electron chi connectivity index (χ4n) is 5.79. The molecule has 186 valence electrons. The standard InChI is InChI=1S/C22H33NO10/c1-20(2)25-8-11(29-20)14-15-10(7-13(24)27-15)33-23(14)19-18-17(31-22(5,6)32-18)16(28-19)12-9-26-21(3,4)30-12/h10-12,14-19H,7-9H2,1-6H3/t10-,11-,12+,14-,15+,16-,17+,18+,19-/m1/s1. The molecular formula is C22H33NO10. The van der Waals surface area contributed by atoms with E-state index in [9.17, 15) is 4.79 Å². The minimum Gasteiger partial charge on any atom is -0.458 e. The van der Waals surface area contributed by atoms with Gasteiger partial charge in [-0.2, -0.15) is 0 Å². The first-order valence-corrected chi connectivity index (χ1v) is 11.7. The van der Waals surface area contributed by atoms with Gasteiger partial charge in [-0.15, -0.1) is 5.06 Å². The van der Waals surface area contributed by atoms with E-state index in [1.807, 2.05) is 41.5 Å². The van der Waals surface area contributed by atoms with Crippen LogP contribution in [0.1, 0.15) is 48.0 Å². The second kappa shape index (κ2) is 7.31. The summed E-state index contributed by atoms with van der Waals surface area (Å²) < 4.78 is 48.6. The van der Waals surface area contributed by atoms with Gasteiger partial charge in [-0.3, -0.25) is 9.63 Å². The maximum atomic E-state index is 12.0. The lowest BCUT2D eigenvalue weighted by molar-refractivity contribution is -0.299. The number of carbonyl (C=O) groups is 1. The number of rotatable bonds is 3. The first-order chi connectivity index (χ1) is 15.4. The second-order valence-corrected chi connectivity index (χ2v) is 10.9. The van der Waals surface area contributed by atoms with Crippen LogP contribution >= 0.6 is 0 Å². The summed E-state index contributed by atoms with van der Waals surface area (Å²) in [5.74, 6) is -2.52. The third-order valence-electron chi connectivity index (χ3n) is 7.01. The van der Waals surface area contributed by atoms with Gasteiger partial charge in [0.25, 0.3) is 0 Å². The normalized spacial score (nSPS) is 50.0. The van der Waals surface area contributed by atoms with Gasteiger partial charge in [0, 0.05) is 0 Å². The fraction of sp³-hybridized carbons (Fsp3) is 0.955. The van der Waals surface area contributed by atoms with Gasteiger partial charge in [0.1, 0.15) is 42.7 Å². The van der Waals surface area contributed by atoms with Gasteiger partial charge in [-0.25, -0.2) is 0 Å². The molecule has 33 heavy (non-hydrogen) atoms. The molecule has 6 aliphatic heterocycles. The van der Waals surface area contributed by atoms with Gasteiger partial charge >= 0.3 is 5.97 Å². The van der Waals surface area contributed by atoms with E-state index in [-0.39, 0.29) is 30.7 Å². The van der Waals surface area contributed by atoms with E-state index in [1.54, 1.807) is 5.06 Å². The first-order valence-electron chi connectivity index (χ1n) is 11.7. The smallest absolute Gasteiger partial charge is 0.309 e. The lowest BCUT2D eigenvalue weighted by Gasteiger charge is -2.35. The van der Waals surface area contributed by atoms with Gasteiger partial charge < -0.3 is 37.9 Å². The zero-order chi connectivity index (χ0) is 23.3. The van der Waals surface area contributed by atoms with Crippen LogP contribution in [0.2, 0.25) is 0 Å². The number of ether oxygens (including phenoxy) is 8. The lowest BCUT2D eigenvalue weighted by Crippen LogP contribution is -2.54. The summed E-state index contributed by atoms with van der Waals surface area (Å²) in [6.45, 7) is 12.0. The van der Waals surface area contributed by atoms with Crippen LogP contribution in [0.5, 0.6) is 0 Å². The molecule has 0 N–H and O–H groups in total. The lowest BCUT2D eigenvalue weighted by atomic mass is 10.0. The van der Waals surface area contributed by atoms with Crippen LogP contribution < -0.4 is 0 Å². The summed E-state index contributed by atoms with van der Waals surface area (Å²) in [7, 11) is 0. The highest BCUT2D eigenvalue weighted by Gasteiger charge is 2.66. The van der Waals surface area contributed by atoms with Crippen LogP contribution in [-0.4, -0.2) is 96.6 Å². The van der Waals surface area contributed by atoms with Gasteiger partial charge in [0.15, 0.2) is 29.7 Å². The summed E-state index contributed by atoms with van der Waals surface area (Å²) in [4.78, 5) is 18.3. The van der Waals surface area contributed by atoms with Crippen molar-refractivity contribution in [1.29, 1.82) is 0 Å². The Morgan fingerprint density at radius 3 is 2.00 bits per heavy atom. The maximum Gasteiger partial charge on any atom is 0.309 e. The van der Waals surface area contributed by atoms with E-state index in [0.29, 0.717) is 13.2 Å². The fourth-order valence-corrected chi connectivity index (χ4v) is 5.79. The monoisotopic (exact) mass is 471 g/mol. The Balaban J connectivity index is 1.30. The van der Waals surface area contributed by atoms with E-state index >= 15 is 0 Å². The Kier molecular flexibility index (Phi) is 5.00. The minimum atomic E-state index is -0.795. The molecule has 0 aromatic heterocycles. The molecule has 6 fully saturated rings. The van der Waals surface area contributed by atoms with Gasteiger partial charge in [-0.1, -0.05) is 0 Å². The molecule has 11 nitrogen and oxygen atoms in total. The molecule has 0 aliphatic carbocycles. The summed E-state index contributed by atoms with van der Waals surface area (Å²) in [5.41, 5.74) is 0. The molecular weight excluding hydrogens is 438 g/mol. The van der Waals surface area contributed by atoms with Crippen molar-refractivity contribution < 1.29 is 47.5 Å². The molecule has 0 bridgehead atoms. The van der Waals surface area contributed by atoms with Gasteiger partial charge in [-0.05, 0) is 41.5 Å². The van der Waals surface area contributed by atoms with Gasteiger partial charge in [0.2, 0.25) is 0 Å². The molecule has 0 spiro atoms. The molecule has 0 amide bonds. The highest BCUT2D eigenvalue weighted by Crippen LogP contribution is 2.47. The predicted octanol–water partition coefficient (Wildman–Crippen LogP) is 0.834. The number of fused-ring (bicyclic) bond motifs is 2. The van der Waals surface area contributed by atoms with Crippen LogP contribution in [0, 0.1) is 0 Å². The number of hydrogen-bond acceptors (Lipinski definition) is 11. The van der Waals surface area contributed by atoms with Crippen molar-refractivity contribution in [3.8, 4) is 0 Å². The molecule has 0 aromatic rings. The largest absolute Gasteiger partial charge is 0.458 e. The summed E-state index contributed by atoms with van der Waals surface area (Å²) >= 11 is 0. The van der Waals surface area contributed by atoms with Crippen molar-refractivity contribution in [3.05, 3.63) is 0 Å². The van der Waals surface area contributed by atoms with Crippen LogP contribution in [0.25, 0.3) is 0 Å². The second-order valence-electron chi connectivity index (χ2n) is 10.9. The van der Waals surface area contributed by atoms with Crippen molar-refractivity contribution in [2.45, 2.75) is 120 Å². The summed E-state index contributed by atoms with van der Waals surface area (Å²) in [6.07, 6.45) is -3.28. The molecule has 6 heterocycles. The third-order valence-corrected chi connectivity index (χ3v) is 7.01. The average molecular weight is 472 g/mol. The Bertz CT molecular complexity index is 817. The van der Waals surface area contributed by atoms with Crippen molar-refractivity contribution in [2.24, 2.45) is 0 Å². The van der Waals surface area contributed by atoms with E-state index in [1.165, 1.54) is 0 Å². The van der Waals surface area contributed by atoms with Crippen LogP contribution in [0.3, 0.4) is 0 Å². The van der Waals surface area contributed by atoms with E-state index in [4.69, 9.17) is 42.7 Å². The third kappa shape index (κ3) is 3.82. The molecule has 9 atom stereocenters. The Labute approximate surface area is 192 Å². The van der Waals surface area contributed by atoms with Gasteiger partial charge in [0.05, 0.1) is 19.6 Å². The van der Waals surface area contributed by atoms with Crippen molar-refractivity contribution >= 4 is 5.97 Å². The van der Waals surface area contributed by atoms with E-state index in [2.05, 4.69) is 0 Å². The van der Waals surface area contributed by atoms with Crippen LogP contribution in [0.4, 0.5) is 0 Å². The maximum absolute atomic E-state index is 12.0. The SMILES string of the molecule is CC1(C)O[C@H]2[C@@H]([C@@H]3COC(C)(C)O3)O[C@@H](N3O[C@@H]4CC(=O)O[C@@H]4[C@H]3[C@H]3COC(C)(C)O3)[C@H]2O1. The minimum absolute atomic E-state index is 0.176. The van der Waals surface area contributed by atoms with Crippen LogP contribution in [-0.2, 0) is 47.5 Å². The summed E-state index contributed by atoms with van der Waals surface area (Å²) in [6, 6.07) is -0.419. The molecule has 0 saturated carbocycles. The number of hydroxylamine groups is 2. The predicted molar refractivity (Wildman–Crippen MR) is 107 cm³/mol. The topological polar surface area (TPSA) is 103 Å². The molecule has 0 aromatic carbocycles. The molecule has 6 saturated heterocycles. The zero-order valence-corrected chi connectivity index (χ0v) is 19.8. The highest BCUT2D eigenvalue weighted by molar-refractivity contribution is 5.73. The zero-order valence-electron chi connectivity index (χ0n) is 19.8. The van der Waals surface area contributed by atoms with E-state index < -0.39 is 54.0 Å². The van der Waals surface area contributed by atoms with Crippen molar-refractivity contribution in [1.82, 2.24) is 5.06 Å². The van der Waals surface area contributed by atoms with E-state index in [0.717, 1.165) is 0 Å².